The smallest absolute Gasteiger partial charge is 0.224 e. The van der Waals surface area contributed by atoms with Crippen molar-refractivity contribution < 1.29 is 4.79 Å². The molecule has 0 atom stereocenters. The van der Waals surface area contributed by atoms with Crippen LogP contribution in [0.3, 0.4) is 0 Å². The molecule has 0 radical (unpaired) electrons. The summed E-state index contributed by atoms with van der Waals surface area (Å²) in [5.74, 6) is 0.00444. The maximum absolute atomic E-state index is 11.7. The Kier molecular flexibility index (Phi) is 3.58. The van der Waals surface area contributed by atoms with Gasteiger partial charge in [-0.3, -0.25) is 4.79 Å². The number of nitrogens with two attached hydrogens (primary N) is 1. The van der Waals surface area contributed by atoms with E-state index in [1.54, 1.807) is 0 Å². The summed E-state index contributed by atoms with van der Waals surface area (Å²) in [6, 6.07) is 5.62. The molecule has 0 fully saturated rings. The number of nitrogens with one attached hydrogen (secondary N) is 1. The Morgan fingerprint density at radius 3 is 2.56 bits per heavy atom. The molecule has 0 spiro atoms. The van der Waals surface area contributed by atoms with Gasteiger partial charge in [0.15, 0.2) is 0 Å². The fraction of sp³-hybridized carbons (Fsp3) is 0.462. The Labute approximate surface area is 97.0 Å². The number of carbonyl (C=O) groups excluding carboxylic acids is 1. The average molecular weight is 220 g/mol. The molecule has 1 rings (SSSR count). The molecule has 3 nitrogen and oxygen atoms in total. The van der Waals surface area contributed by atoms with Crippen LogP contribution in [0.5, 0.6) is 0 Å². The minimum Gasteiger partial charge on any atom is -0.397 e. The summed E-state index contributed by atoms with van der Waals surface area (Å²) in [5, 5.41) is 2.84. The highest BCUT2D eigenvalue weighted by atomic mass is 16.1. The first-order valence-corrected chi connectivity index (χ1v) is 5.44. The van der Waals surface area contributed by atoms with Crippen LogP contribution in [-0.2, 0) is 4.79 Å². The van der Waals surface area contributed by atoms with Gasteiger partial charge in [-0.05, 0) is 30.0 Å². The lowest BCUT2D eigenvalue weighted by molar-refractivity contribution is -0.117. The standard InChI is InChI=1S/C13H20N2O/c1-9-5-6-10(14)11(7-9)15-12(16)8-13(2,3)4/h5-7H,8,14H2,1-4H3,(H,15,16). The van der Waals surface area contributed by atoms with E-state index in [-0.39, 0.29) is 11.3 Å². The lowest BCUT2D eigenvalue weighted by atomic mass is 9.92. The molecule has 88 valence electrons. The van der Waals surface area contributed by atoms with Gasteiger partial charge in [-0.15, -0.1) is 0 Å². The Hall–Kier alpha value is -1.51. The fourth-order valence-corrected chi connectivity index (χ4v) is 1.45. The van der Waals surface area contributed by atoms with Crippen LogP contribution in [0.1, 0.15) is 32.8 Å². The van der Waals surface area contributed by atoms with Gasteiger partial charge in [0, 0.05) is 6.42 Å². The summed E-state index contributed by atoms with van der Waals surface area (Å²) in [4.78, 5) is 11.7. The number of carbonyl (C=O) groups is 1. The Balaban J connectivity index is 2.73. The quantitative estimate of drug-likeness (QED) is 0.753. The molecule has 0 unspecified atom stereocenters. The van der Waals surface area contributed by atoms with Gasteiger partial charge >= 0.3 is 0 Å². The third-order valence-corrected chi connectivity index (χ3v) is 2.17. The number of hydrogen-bond acceptors (Lipinski definition) is 2. The summed E-state index contributed by atoms with van der Waals surface area (Å²) in [6.07, 6.45) is 0.486. The molecule has 0 aliphatic carbocycles. The third-order valence-electron chi connectivity index (χ3n) is 2.17. The van der Waals surface area contributed by atoms with Crippen LogP contribution in [0.4, 0.5) is 11.4 Å². The molecule has 0 bridgehead atoms. The van der Waals surface area contributed by atoms with Crippen molar-refractivity contribution in [3.8, 4) is 0 Å². The molecule has 0 aliphatic heterocycles. The highest BCUT2D eigenvalue weighted by molar-refractivity contribution is 5.94. The zero-order valence-corrected chi connectivity index (χ0v) is 10.4. The highest BCUT2D eigenvalue weighted by Gasteiger charge is 2.16. The van der Waals surface area contributed by atoms with E-state index in [1.807, 2.05) is 45.9 Å². The molecule has 16 heavy (non-hydrogen) atoms. The normalized spacial score (nSPS) is 11.2. The molecular weight excluding hydrogens is 200 g/mol. The van der Waals surface area contributed by atoms with Crippen LogP contribution in [0.2, 0.25) is 0 Å². The van der Waals surface area contributed by atoms with Crippen LogP contribution in [0.25, 0.3) is 0 Å². The van der Waals surface area contributed by atoms with E-state index in [0.717, 1.165) is 5.56 Å². The van der Waals surface area contributed by atoms with Crippen molar-refractivity contribution in [2.75, 3.05) is 11.1 Å². The van der Waals surface area contributed by atoms with Crippen molar-refractivity contribution in [1.82, 2.24) is 0 Å². The zero-order valence-electron chi connectivity index (χ0n) is 10.4. The monoisotopic (exact) mass is 220 g/mol. The van der Waals surface area contributed by atoms with Gasteiger partial charge in [-0.1, -0.05) is 26.8 Å². The second-order valence-corrected chi connectivity index (χ2v) is 5.38. The van der Waals surface area contributed by atoms with E-state index < -0.39 is 0 Å². The molecule has 0 aliphatic rings. The van der Waals surface area contributed by atoms with E-state index in [9.17, 15) is 4.79 Å². The van der Waals surface area contributed by atoms with E-state index >= 15 is 0 Å². The number of rotatable bonds is 2. The van der Waals surface area contributed by atoms with Gasteiger partial charge < -0.3 is 11.1 Å². The number of nitrogen functional groups attached to an aromatic ring is 1. The van der Waals surface area contributed by atoms with E-state index in [0.29, 0.717) is 17.8 Å². The van der Waals surface area contributed by atoms with Crippen molar-refractivity contribution >= 4 is 17.3 Å². The van der Waals surface area contributed by atoms with Crippen LogP contribution in [0, 0.1) is 12.3 Å². The topological polar surface area (TPSA) is 55.1 Å². The number of hydrogen-bond donors (Lipinski definition) is 2. The minimum atomic E-state index is -0.0112. The van der Waals surface area contributed by atoms with E-state index in [4.69, 9.17) is 5.73 Å². The molecule has 1 aromatic rings. The van der Waals surface area contributed by atoms with Crippen molar-refractivity contribution in [2.24, 2.45) is 5.41 Å². The Morgan fingerprint density at radius 2 is 2.00 bits per heavy atom. The second-order valence-electron chi connectivity index (χ2n) is 5.38. The van der Waals surface area contributed by atoms with Crippen molar-refractivity contribution in [3.05, 3.63) is 23.8 Å². The lowest BCUT2D eigenvalue weighted by Crippen LogP contribution is -2.20. The summed E-state index contributed by atoms with van der Waals surface area (Å²) in [6.45, 7) is 8.07. The first-order chi connectivity index (χ1) is 7.28. The number of amides is 1. The predicted octanol–water partition coefficient (Wildman–Crippen LogP) is 2.95. The maximum atomic E-state index is 11.7. The molecule has 1 aromatic carbocycles. The summed E-state index contributed by atoms with van der Waals surface area (Å²) >= 11 is 0. The molecule has 3 N–H and O–H groups in total. The number of aryl methyl sites for hydroxylation is 1. The van der Waals surface area contributed by atoms with Crippen LogP contribution in [0.15, 0.2) is 18.2 Å². The fourth-order valence-electron chi connectivity index (χ4n) is 1.45. The van der Waals surface area contributed by atoms with Crippen molar-refractivity contribution in [3.63, 3.8) is 0 Å². The maximum Gasteiger partial charge on any atom is 0.224 e. The lowest BCUT2D eigenvalue weighted by Gasteiger charge is -2.18. The summed E-state index contributed by atoms with van der Waals surface area (Å²) in [5.41, 5.74) is 8.17. The first-order valence-electron chi connectivity index (χ1n) is 5.44. The number of benzene rings is 1. The molecule has 0 heterocycles. The SMILES string of the molecule is Cc1ccc(N)c(NC(=O)CC(C)(C)C)c1. The van der Waals surface area contributed by atoms with Gasteiger partial charge in [0.2, 0.25) is 5.91 Å². The third kappa shape index (κ3) is 3.93. The van der Waals surface area contributed by atoms with Crippen LogP contribution < -0.4 is 11.1 Å². The van der Waals surface area contributed by atoms with Gasteiger partial charge in [-0.25, -0.2) is 0 Å². The molecular formula is C13H20N2O. The van der Waals surface area contributed by atoms with E-state index in [2.05, 4.69) is 5.32 Å². The van der Waals surface area contributed by atoms with Crippen LogP contribution in [-0.4, -0.2) is 5.91 Å². The van der Waals surface area contributed by atoms with Gasteiger partial charge in [0.1, 0.15) is 0 Å². The number of anilines is 2. The second kappa shape index (κ2) is 4.56. The van der Waals surface area contributed by atoms with Crippen molar-refractivity contribution in [1.29, 1.82) is 0 Å². The van der Waals surface area contributed by atoms with E-state index in [1.165, 1.54) is 0 Å². The Morgan fingerprint density at radius 1 is 1.38 bits per heavy atom. The molecule has 0 aromatic heterocycles. The van der Waals surface area contributed by atoms with Gasteiger partial charge in [0.05, 0.1) is 11.4 Å². The molecule has 0 saturated heterocycles. The molecule has 1 amide bonds. The highest BCUT2D eigenvalue weighted by Crippen LogP contribution is 2.23. The van der Waals surface area contributed by atoms with Gasteiger partial charge in [-0.2, -0.15) is 0 Å². The van der Waals surface area contributed by atoms with Crippen molar-refractivity contribution in [2.45, 2.75) is 34.1 Å². The molecule has 0 saturated carbocycles. The molecule has 3 heteroatoms. The minimum absolute atomic E-state index is 0.00444. The first kappa shape index (κ1) is 12.6. The van der Waals surface area contributed by atoms with Crippen LogP contribution >= 0.6 is 0 Å². The largest absolute Gasteiger partial charge is 0.397 e. The average Bonchev–Trinajstić information content (AvgIpc) is 2.08. The Bertz CT molecular complexity index is 391. The van der Waals surface area contributed by atoms with Gasteiger partial charge in [0.25, 0.3) is 0 Å². The summed E-state index contributed by atoms with van der Waals surface area (Å²) < 4.78 is 0. The summed E-state index contributed by atoms with van der Waals surface area (Å²) in [7, 11) is 0. The predicted molar refractivity (Wildman–Crippen MR) is 68.3 cm³/mol. The zero-order chi connectivity index (χ0) is 12.3.